The van der Waals surface area contributed by atoms with Crippen LogP contribution in [0.5, 0.6) is 0 Å². The third-order valence-corrected chi connectivity index (χ3v) is 2.31. The van der Waals surface area contributed by atoms with Gasteiger partial charge >= 0.3 is 0 Å². The Morgan fingerprint density at radius 1 is 1.50 bits per heavy atom. The summed E-state index contributed by atoms with van der Waals surface area (Å²) in [6.45, 7) is 0. The Labute approximate surface area is 85.7 Å². The molecular formula is C8H5ClN4O. The molecule has 70 valence electrons. The monoisotopic (exact) mass is 208 g/mol. The third-order valence-electron chi connectivity index (χ3n) is 1.99. The zero-order chi connectivity index (χ0) is 10.8. The van der Waals surface area contributed by atoms with Crippen LogP contribution in [0.25, 0.3) is 0 Å². The van der Waals surface area contributed by atoms with E-state index in [1.807, 2.05) is 0 Å². The van der Waals surface area contributed by atoms with Crippen molar-refractivity contribution in [1.29, 1.82) is 15.8 Å². The highest BCUT2D eigenvalue weighted by molar-refractivity contribution is 6.14. The van der Waals surface area contributed by atoms with E-state index in [0.29, 0.717) is 0 Å². The van der Waals surface area contributed by atoms with Gasteiger partial charge in [0.25, 0.3) is 0 Å². The predicted molar refractivity (Wildman–Crippen MR) is 45.7 cm³/mol. The molecule has 1 rings (SSSR count). The fourth-order valence-corrected chi connectivity index (χ4v) is 1.32. The number of rotatable bonds is 0. The standard InChI is InChI=1S/C8H5ClN4O/c9-13-3-6(2-10)8(4-11,5-12)1-7(13)14/h3,7,14H,1H2. The van der Waals surface area contributed by atoms with Crippen LogP contribution in [-0.2, 0) is 0 Å². The van der Waals surface area contributed by atoms with Crippen molar-refractivity contribution in [3.8, 4) is 18.2 Å². The zero-order valence-corrected chi connectivity index (χ0v) is 7.73. The number of aliphatic hydroxyl groups is 1. The number of nitriles is 3. The molecule has 6 heteroatoms. The summed E-state index contributed by atoms with van der Waals surface area (Å²) < 4.78 is 0.880. The SMILES string of the molecule is N#CC1=CN(Cl)C(O)CC1(C#N)C#N. The van der Waals surface area contributed by atoms with Gasteiger partial charge in [-0.05, 0) is 0 Å². The number of aliphatic hydroxyl groups excluding tert-OH is 1. The second kappa shape index (κ2) is 3.55. The van der Waals surface area contributed by atoms with Crippen molar-refractivity contribution in [2.75, 3.05) is 0 Å². The molecule has 0 saturated heterocycles. The van der Waals surface area contributed by atoms with Crippen LogP contribution in [0.2, 0.25) is 0 Å². The molecular weight excluding hydrogens is 204 g/mol. The summed E-state index contributed by atoms with van der Waals surface area (Å²) in [6.07, 6.45) is -0.224. The fourth-order valence-electron chi connectivity index (χ4n) is 1.15. The first-order valence-electron chi connectivity index (χ1n) is 3.66. The molecule has 14 heavy (non-hydrogen) atoms. The molecule has 0 bridgehead atoms. The Hall–Kier alpha value is -1.74. The molecule has 1 aliphatic rings. The van der Waals surface area contributed by atoms with E-state index in [9.17, 15) is 5.11 Å². The summed E-state index contributed by atoms with van der Waals surface area (Å²) in [5, 5.41) is 35.7. The summed E-state index contributed by atoms with van der Waals surface area (Å²) in [5.41, 5.74) is -1.64. The molecule has 1 N–H and O–H groups in total. The minimum atomic E-state index is -1.58. The molecule has 0 amide bonds. The van der Waals surface area contributed by atoms with Crippen molar-refractivity contribution in [2.45, 2.75) is 12.6 Å². The highest BCUT2D eigenvalue weighted by Crippen LogP contribution is 2.36. The van der Waals surface area contributed by atoms with Gasteiger partial charge in [0.1, 0.15) is 6.23 Å². The van der Waals surface area contributed by atoms with Gasteiger partial charge in [-0.3, -0.25) is 4.42 Å². The van der Waals surface area contributed by atoms with Crippen molar-refractivity contribution < 1.29 is 5.11 Å². The molecule has 1 heterocycles. The van der Waals surface area contributed by atoms with Crippen LogP contribution < -0.4 is 0 Å². The van der Waals surface area contributed by atoms with Crippen LogP contribution in [0.3, 0.4) is 0 Å². The van der Waals surface area contributed by atoms with Crippen molar-refractivity contribution in [3.63, 3.8) is 0 Å². The van der Waals surface area contributed by atoms with Crippen molar-refractivity contribution in [3.05, 3.63) is 11.8 Å². The maximum absolute atomic E-state index is 9.33. The van der Waals surface area contributed by atoms with Gasteiger partial charge in [0, 0.05) is 24.4 Å². The normalized spacial score (nSPS) is 24.1. The van der Waals surface area contributed by atoms with E-state index in [-0.39, 0.29) is 12.0 Å². The van der Waals surface area contributed by atoms with Gasteiger partial charge in [-0.2, -0.15) is 15.8 Å². The number of hydrogen-bond donors (Lipinski definition) is 1. The molecule has 1 atom stereocenters. The van der Waals surface area contributed by atoms with E-state index in [0.717, 1.165) is 10.6 Å². The molecule has 0 saturated carbocycles. The second-order valence-electron chi connectivity index (χ2n) is 2.81. The Morgan fingerprint density at radius 3 is 2.50 bits per heavy atom. The van der Waals surface area contributed by atoms with Crippen LogP contribution >= 0.6 is 11.8 Å². The highest BCUT2D eigenvalue weighted by Gasteiger charge is 2.42. The molecule has 0 aromatic rings. The zero-order valence-electron chi connectivity index (χ0n) is 6.98. The van der Waals surface area contributed by atoms with Crippen molar-refractivity contribution in [2.24, 2.45) is 5.41 Å². The molecule has 0 aromatic heterocycles. The Balaban J connectivity index is 3.25. The van der Waals surface area contributed by atoms with E-state index in [1.54, 1.807) is 18.2 Å². The Morgan fingerprint density at radius 2 is 2.07 bits per heavy atom. The Bertz CT molecular complexity index is 383. The lowest BCUT2D eigenvalue weighted by Crippen LogP contribution is -2.37. The molecule has 0 aliphatic carbocycles. The number of halogens is 1. The van der Waals surface area contributed by atoms with Crippen LogP contribution in [-0.4, -0.2) is 15.8 Å². The lowest BCUT2D eigenvalue weighted by Gasteiger charge is -2.30. The van der Waals surface area contributed by atoms with E-state index in [1.165, 1.54) is 0 Å². The molecule has 5 nitrogen and oxygen atoms in total. The summed E-state index contributed by atoms with van der Waals surface area (Å²) in [7, 11) is 0. The maximum atomic E-state index is 9.33. The van der Waals surface area contributed by atoms with Gasteiger partial charge in [-0.25, -0.2) is 0 Å². The Kier molecular flexibility index (Phi) is 2.63. The van der Waals surface area contributed by atoms with E-state index in [2.05, 4.69) is 0 Å². The van der Waals surface area contributed by atoms with Crippen molar-refractivity contribution in [1.82, 2.24) is 4.42 Å². The molecule has 1 aliphatic heterocycles. The lowest BCUT2D eigenvalue weighted by molar-refractivity contribution is 0.0581. The average Bonchev–Trinajstić information content (AvgIpc) is 2.21. The van der Waals surface area contributed by atoms with Gasteiger partial charge in [0.15, 0.2) is 5.41 Å². The van der Waals surface area contributed by atoms with Gasteiger partial charge in [-0.1, -0.05) is 0 Å². The van der Waals surface area contributed by atoms with Crippen molar-refractivity contribution >= 4 is 11.8 Å². The van der Waals surface area contributed by atoms with Gasteiger partial charge in [0.05, 0.1) is 23.8 Å². The van der Waals surface area contributed by atoms with Gasteiger partial charge in [-0.15, -0.1) is 0 Å². The third kappa shape index (κ3) is 1.38. The van der Waals surface area contributed by atoms with Crippen LogP contribution in [0, 0.1) is 39.4 Å². The van der Waals surface area contributed by atoms with Gasteiger partial charge < -0.3 is 5.11 Å². The number of nitrogens with zero attached hydrogens (tertiary/aromatic N) is 4. The lowest BCUT2D eigenvalue weighted by atomic mass is 9.78. The van der Waals surface area contributed by atoms with Crippen LogP contribution in [0.15, 0.2) is 11.8 Å². The molecule has 0 fully saturated rings. The first-order valence-corrected chi connectivity index (χ1v) is 4.00. The molecule has 0 aromatic carbocycles. The number of allylic oxidation sites excluding steroid dienone is 1. The minimum Gasteiger partial charge on any atom is -0.372 e. The number of hydrogen-bond acceptors (Lipinski definition) is 5. The summed E-state index contributed by atoms with van der Waals surface area (Å²) in [5.74, 6) is 0. The largest absolute Gasteiger partial charge is 0.372 e. The van der Waals surface area contributed by atoms with Crippen LogP contribution in [0.4, 0.5) is 0 Å². The summed E-state index contributed by atoms with van der Waals surface area (Å²) in [4.78, 5) is 0. The maximum Gasteiger partial charge on any atom is 0.184 e. The molecule has 0 radical (unpaired) electrons. The van der Waals surface area contributed by atoms with E-state index in [4.69, 9.17) is 27.6 Å². The molecule has 1 unspecified atom stereocenters. The second-order valence-corrected chi connectivity index (χ2v) is 3.20. The fraction of sp³-hybridized carbons (Fsp3) is 0.375. The first kappa shape index (κ1) is 10.3. The van der Waals surface area contributed by atoms with Crippen LogP contribution in [0.1, 0.15) is 6.42 Å². The van der Waals surface area contributed by atoms with Gasteiger partial charge in [0.2, 0.25) is 0 Å². The van der Waals surface area contributed by atoms with E-state index >= 15 is 0 Å². The smallest absolute Gasteiger partial charge is 0.184 e. The predicted octanol–water partition coefficient (Wildman–Crippen LogP) is 0.605. The first-order chi connectivity index (χ1) is 6.59. The quantitative estimate of drug-likeness (QED) is 0.589. The summed E-state index contributed by atoms with van der Waals surface area (Å²) in [6, 6.07) is 5.17. The highest BCUT2D eigenvalue weighted by atomic mass is 35.5. The topological polar surface area (TPSA) is 94.8 Å². The summed E-state index contributed by atoms with van der Waals surface area (Å²) >= 11 is 5.52. The minimum absolute atomic E-state index is 0.0530. The average molecular weight is 209 g/mol. The van der Waals surface area contributed by atoms with E-state index < -0.39 is 11.6 Å². The molecule has 0 spiro atoms.